The number of hydrogen-bond donors (Lipinski definition) is 1. The molecular formula is C9H14N2O2. The largest absolute Gasteiger partial charge is 0.355 e. The van der Waals surface area contributed by atoms with Gasteiger partial charge in [-0.3, -0.25) is 9.59 Å². The lowest BCUT2D eigenvalue weighted by atomic mass is 10.1. The van der Waals surface area contributed by atoms with Crippen LogP contribution in [0.4, 0.5) is 0 Å². The van der Waals surface area contributed by atoms with Crippen molar-refractivity contribution < 1.29 is 9.59 Å². The smallest absolute Gasteiger partial charge is 0.227 e. The molecular weight excluding hydrogens is 168 g/mol. The second kappa shape index (κ2) is 3.36. The van der Waals surface area contributed by atoms with Crippen LogP contribution in [0.15, 0.2) is 0 Å². The molecule has 0 aromatic heterocycles. The summed E-state index contributed by atoms with van der Waals surface area (Å²) in [6, 6.07) is 0. The van der Waals surface area contributed by atoms with E-state index in [1.165, 1.54) is 0 Å². The monoisotopic (exact) mass is 182 g/mol. The van der Waals surface area contributed by atoms with Gasteiger partial charge < -0.3 is 10.2 Å². The maximum Gasteiger partial charge on any atom is 0.227 e. The highest BCUT2D eigenvalue weighted by molar-refractivity contribution is 5.89. The maximum absolute atomic E-state index is 11.7. The molecule has 2 fully saturated rings. The van der Waals surface area contributed by atoms with Gasteiger partial charge in [-0.1, -0.05) is 0 Å². The lowest BCUT2D eigenvalue weighted by molar-refractivity contribution is -0.134. The zero-order valence-electron chi connectivity index (χ0n) is 7.58. The molecule has 0 saturated carbocycles. The Hall–Kier alpha value is -1.06. The van der Waals surface area contributed by atoms with Crippen LogP contribution in [0.25, 0.3) is 0 Å². The van der Waals surface area contributed by atoms with E-state index >= 15 is 0 Å². The van der Waals surface area contributed by atoms with Crippen LogP contribution in [0.5, 0.6) is 0 Å². The van der Waals surface area contributed by atoms with Crippen molar-refractivity contribution in [2.24, 2.45) is 5.92 Å². The Balaban J connectivity index is 1.92. The molecule has 1 N–H and O–H groups in total. The van der Waals surface area contributed by atoms with Crippen molar-refractivity contribution in [3.05, 3.63) is 0 Å². The Labute approximate surface area is 77.3 Å². The van der Waals surface area contributed by atoms with E-state index < -0.39 is 0 Å². The molecule has 13 heavy (non-hydrogen) atoms. The SMILES string of the molecule is O=C1CC(C(=O)N2CCCC2)CN1. The van der Waals surface area contributed by atoms with E-state index in [1.807, 2.05) is 4.90 Å². The minimum absolute atomic E-state index is 0.0116. The molecule has 2 aliphatic rings. The van der Waals surface area contributed by atoms with Crippen molar-refractivity contribution in [2.75, 3.05) is 19.6 Å². The van der Waals surface area contributed by atoms with Crippen molar-refractivity contribution in [3.63, 3.8) is 0 Å². The third kappa shape index (κ3) is 1.66. The number of hydrogen-bond acceptors (Lipinski definition) is 2. The number of amides is 2. The van der Waals surface area contributed by atoms with Gasteiger partial charge in [-0.25, -0.2) is 0 Å². The first-order valence-electron chi connectivity index (χ1n) is 4.83. The number of carbonyl (C=O) groups is 2. The van der Waals surface area contributed by atoms with E-state index in [-0.39, 0.29) is 17.7 Å². The predicted octanol–water partition coefficient (Wildman–Crippen LogP) is -0.255. The lowest BCUT2D eigenvalue weighted by Crippen LogP contribution is -2.34. The van der Waals surface area contributed by atoms with Crippen LogP contribution in [0, 0.1) is 5.92 Å². The van der Waals surface area contributed by atoms with Gasteiger partial charge in [-0.05, 0) is 12.8 Å². The number of nitrogens with one attached hydrogen (secondary N) is 1. The molecule has 2 amide bonds. The summed E-state index contributed by atoms with van der Waals surface area (Å²) in [6.07, 6.45) is 2.61. The highest BCUT2D eigenvalue weighted by atomic mass is 16.2. The number of carbonyl (C=O) groups excluding carboxylic acids is 2. The van der Waals surface area contributed by atoms with E-state index in [4.69, 9.17) is 0 Å². The zero-order chi connectivity index (χ0) is 9.26. The summed E-state index contributed by atoms with van der Waals surface area (Å²) in [6.45, 7) is 2.29. The summed E-state index contributed by atoms with van der Waals surface area (Å²) in [5, 5.41) is 2.69. The molecule has 1 unspecified atom stereocenters. The molecule has 0 bridgehead atoms. The molecule has 2 saturated heterocycles. The van der Waals surface area contributed by atoms with Gasteiger partial charge in [0.1, 0.15) is 0 Å². The Morgan fingerprint density at radius 3 is 2.62 bits per heavy atom. The summed E-state index contributed by atoms with van der Waals surface area (Å²) in [4.78, 5) is 24.5. The molecule has 2 aliphatic heterocycles. The van der Waals surface area contributed by atoms with Gasteiger partial charge >= 0.3 is 0 Å². The Morgan fingerprint density at radius 2 is 2.08 bits per heavy atom. The summed E-state index contributed by atoms with van der Waals surface area (Å²) < 4.78 is 0. The van der Waals surface area contributed by atoms with E-state index in [2.05, 4.69) is 5.32 Å². The first-order valence-corrected chi connectivity index (χ1v) is 4.83. The molecule has 4 nitrogen and oxygen atoms in total. The van der Waals surface area contributed by atoms with Crippen molar-refractivity contribution in [1.29, 1.82) is 0 Å². The highest BCUT2D eigenvalue weighted by Crippen LogP contribution is 2.16. The van der Waals surface area contributed by atoms with Crippen LogP contribution in [-0.2, 0) is 9.59 Å². The van der Waals surface area contributed by atoms with Gasteiger partial charge in [0.15, 0.2) is 0 Å². The highest BCUT2D eigenvalue weighted by Gasteiger charge is 2.32. The van der Waals surface area contributed by atoms with Crippen LogP contribution in [0.2, 0.25) is 0 Å². The minimum Gasteiger partial charge on any atom is -0.355 e. The van der Waals surface area contributed by atoms with Crippen LogP contribution < -0.4 is 5.32 Å². The maximum atomic E-state index is 11.7. The predicted molar refractivity (Wildman–Crippen MR) is 46.9 cm³/mol. The summed E-state index contributed by atoms with van der Waals surface area (Å²) in [7, 11) is 0. The molecule has 0 aromatic carbocycles. The summed E-state index contributed by atoms with van der Waals surface area (Å²) >= 11 is 0. The van der Waals surface area contributed by atoms with Crippen LogP contribution in [0.3, 0.4) is 0 Å². The molecule has 2 heterocycles. The van der Waals surface area contributed by atoms with Crippen molar-refractivity contribution in [3.8, 4) is 0 Å². The molecule has 0 radical (unpaired) electrons. The molecule has 1 atom stereocenters. The fraction of sp³-hybridized carbons (Fsp3) is 0.778. The number of likely N-dealkylation sites (tertiary alicyclic amines) is 1. The van der Waals surface area contributed by atoms with E-state index in [0.29, 0.717) is 13.0 Å². The average molecular weight is 182 g/mol. The van der Waals surface area contributed by atoms with E-state index in [1.54, 1.807) is 0 Å². The number of rotatable bonds is 1. The third-order valence-corrected chi connectivity index (χ3v) is 2.74. The first-order chi connectivity index (χ1) is 6.27. The van der Waals surface area contributed by atoms with Gasteiger partial charge in [-0.15, -0.1) is 0 Å². The van der Waals surface area contributed by atoms with Gasteiger partial charge in [-0.2, -0.15) is 0 Å². The Bertz CT molecular complexity index is 234. The van der Waals surface area contributed by atoms with Gasteiger partial charge in [0.05, 0.1) is 5.92 Å². The van der Waals surface area contributed by atoms with Crippen molar-refractivity contribution in [2.45, 2.75) is 19.3 Å². The molecule has 4 heteroatoms. The fourth-order valence-corrected chi connectivity index (χ4v) is 1.98. The molecule has 0 spiro atoms. The third-order valence-electron chi connectivity index (χ3n) is 2.74. The second-order valence-corrected chi connectivity index (χ2v) is 3.74. The van der Waals surface area contributed by atoms with Crippen molar-refractivity contribution in [1.82, 2.24) is 10.2 Å². The van der Waals surface area contributed by atoms with Crippen LogP contribution in [-0.4, -0.2) is 36.3 Å². The standard InChI is InChI=1S/C9H14N2O2/c12-8-5-7(6-10-8)9(13)11-3-1-2-4-11/h7H,1-6H2,(H,10,12). The molecule has 2 rings (SSSR count). The molecule has 72 valence electrons. The van der Waals surface area contributed by atoms with Crippen molar-refractivity contribution >= 4 is 11.8 Å². The quantitative estimate of drug-likeness (QED) is 0.607. The topological polar surface area (TPSA) is 49.4 Å². The molecule has 0 aliphatic carbocycles. The van der Waals surface area contributed by atoms with Crippen LogP contribution >= 0.6 is 0 Å². The Kier molecular flexibility index (Phi) is 2.20. The second-order valence-electron chi connectivity index (χ2n) is 3.74. The zero-order valence-corrected chi connectivity index (χ0v) is 7.58. The lowest BCUT2D eigenvalue weighted by Gasteiger charge is -2.18. The van der Waals surface area contributed by atoms with Gasteiger partial charge in [0, 0.05) is 26.1 Å². The first kappa shape index (κ1) is 8.53. The Morgan fingerprint density at radius 1 is 1.38 bits per heavy atom. The van der Waals surface area contributed by atoms with Crippen LogP contribution in [0.1, 0.15) is 19.3 Å². The fourth-order valence-electron chi connectivity index (χ4n) is 1.98. The van der Waals surface area contributed by atoms with E-state index in [9.17, 15) is 9.59 Å². The summed E-state index contributed by atoms with van der Waals surface area (Å²) in [5.74, 6) is 0.0824. The summed E-state index contributed by atoms with van der Waals surface area (Å²) in [5.41, 5.74) is 0. The number of nitrogens with zero attached hydrogens (tertiary/aromatic N) is 1. The minimum atomic E-state index is -0.0920. The van der Waals surface area contributed by atoms with E-state index in [0.717, 1.165) is 25.9 Å². The average Bonchev–Trinajstić information content (AvgIpc) is 2.72. The molecule has 0 aromatic rings. The van der Waals surface area contributed by atoms with Gasteiger partial charge in [0.25, 0.3) is 0 Å². The normalized spacial score (nSPS) is 27.8. The van der Waals surface area contributed by atoms with Gasteiger partial charge in [0.2, 0.25) is 11.8 Å².